The minimum absolute atomic E-state index is 0.114. The monoisotopic (exact) mass is 410 g/mol. The Morgan fingerprint density at radius 3 is 2.73 bits per heavy atom. The molecule has 30 heavy (non-hydrogen) atoms. The number of fused-ring (bicyclic) bond motifs is 1. The molecular weight excluding hydrogens is 387 g/mol. The first-order valence-electron chi connectivity index (χ1n) is 9.75. The molecule has 1 aliphatic carbocycles. The van der Waals surface area contributed by atoms with Gasteiger partial charge < -0.3 is 15.7 Å². The molecule has 2 heterocycles. The lowest BCUT2D eigenvalue weighted by molar-refractivity contribution is -0.139. The Labute approximate surface area is 173 Å². The van der Waals surface area contributed by atoms with Gasteiger partial charge in [-0.2, -0.15) is 5.26 Å². The third kappa shape index (κ3) is 3.96. The predicted octanol–water partition coefficient (Wildman–Crippen LogP) is 3.04. The molecular formula is C22H23FN4O3. The fourth-order valence-corrected chi connectivity index (χ4v) is 3.96. The van der Waals surface area contributed by atoms with E-state index in [0.29, 0.717) is 30.6 Å². The predicted molar refractivity (Wildman–Crippen MR) is 109 cm³/mol. The van der Waals surface area contributed by atoms with Crippen LogP contribution in [0.15, 0.2) is 18.2 Å². The summed E-state index contributed by atoms with van der Waals surface area (Å²) >= 11 is 0. The molecule has 0 bridgehead atoms. The number of nitrogens with zero attached hydrogens (tertiary/aromatic N) is 3. The van der Waals surface area contributed by atoms with Crippen molar-refractivity contribution < 1.29 is 19.1 Å². The largest absolute Gasteiger partial charge is 0.483 e. The molecule has 1 aromatic heterocycles. The summed E-state index contributed by atoms with van der Waals surface area (Å²) in [6.45, 7) is 2.61. The number of carboxylic acid groups (broad SMARTS) is 1. The second kappa shape index (κ2) is 8.91. The third-order valence-corrected chi connectivity index (χ3v) is 5.73. The molecule has 7 nitrogen and oxygen atoms in total. The van der Waals surface area contributed by atoms with E-state index in [9.17, 15) is 14.4 Å². The van der Waals surface area contributed by atoms with Gasteiger partial charge in [0, 0.05) is 36.6 Å². The van der Waals surface area contributed by atoms with E-state index < -0.39 is 0 Å². The number of halogens is 1. The van der Waals surface area contributed by atoms with Crippen molar-refractivity contribution in [3.05, 3.63) is 46.4 Å². The molecule has 1 amide bonds. The van der Waals surface area contributed by atoms with Crippen LogP contribution in [0.3, 0.4) is 0 Å². The number of anilines is 1. The zero-order chi connectivity index (χ0) is 21.8. The van der Waals surface area contributed by atoms with E-state index in [2.05, 4.69) is 11.1 Å². The Morgan fingerprint density at radius 1 is 1.43 bits per heavy atom. The van der Waals surface area contributed by atoms with Gasteiger partial charge in [-0.25, -0.2) is 9.37 Å². The van der Waals surface area contributed by atoms with Gasteiger partial charge in [-0.3, -0.25) is 9.59 Å². The lowest BCUT2D eigenvalue weighted by Crippen LogP contribution is -2.42. The van der Waals surface area contributed by atoms with Crippen LogP contribution in [0.4, 0.5) is 10.2 Å². The van der Waals surface area contributed by atoms with Gasteiger partial charge >= 0.3 is 0 Å². The molecule has 0 atom stereocenters. The SMILES string of the molecule is Cc1ccc(F)cc1-c1c(C#N)c(N)nc2c1CN(C(=O)C1CCC1)CC2.O=CO. The number of nitriles is 1. The molecule has 8 heteroatoms. The normalized spacial score (nSPS) is 15.2. The number of hydrogen-bond acceptors (Lipinski definition) is 5. The first-order chi connectivity index (χ1) is 14.4. The third-order valence-electron chi connectivity index (χ3n) is 5.73. The van der Waals surface area contributed by atoms with Gasteiger partial charge in [0.05, 0.1) is 5.69 Å². The van der Waals surface area contributed by atoms with Gasteiger partial charge in [0.2, 0.25) is 5.91 Å². The number of rotatable bonds is 2. The van der Waals surface area contributed by atoms with Crippen LogP contribution in [0.25, 0.3) is 11.1 Å². The molecule has 1 saturated carbocycles. The number of aromatic nitrogens is 1. The minimum atomic E-state index is -0.373. The van der Waals surface area contributed by atoms with Crippen molar-refractivity contribution in [2.75, 3.05) is 12.3 Å². The summed E-state index contributed by atoms with van der Waals surface area (Å²) in [6.07, 6.45) is 3.58. The number of carbonyl (C=O) groups is 2. The number of amides is 1. The summed E-state index contributed by atoms with van der Waals surface area (Å²) in [4.78, 5) is 27.4. The van der Waals surface area contributed by atoms with E-state index >= 15 is 0 Å². The molecule has 0 radical (unpaired) electrons. The zero-order valence-corrected chi connectivity index (χ0v) is 16.7. The van der Waals surface area contributed by atoms with Crippen molar-refractivity contribution in [3.8, 4) is 17.2 Å². The highest BCUT2D eigenvalue weighted by Gasteiger charge is 2.33. The fraction of sp³-hybridized carbons (Fsp3) is 0.364. The van der Waals surface area contributed by atoms with E-state index in [1.165, 1.54) is 12.1 Å². The van der Waals surface area contributed by atoms with Crippen LogP contribution < -0.4 is 5.73 Å². The van der Waals surface area contributed by atoms with Crippen LogP contribution in [0.1, 0.15) is 41.6 Å². The number of carbonyl (C=O) groups excluding carboxylic acids is 1. The fourth-order valence-electron chi connectivity index (χ4n) is 3.96. The summed E-state index contributed by atoms with van der Waals surface area (Å²) in [5.41, 5.74) is 10.0. The molecule has 0 unspecified atom stereocenters. The second-order valence-corrected chi connectivity index (χ2v) is 7.49. The molecule has 1 fully saturated rings. The molecule has 4 rings (SSSR count). The van der Waals surface area contributed by atoms with Crippen LogP contribution in [0.5, 0.6) is 0 Å². The van der Waals surface area contributed by atoms with E-state index in [4.69, 9.17) is 15.6 Å². The molecule has 156 valence electrons. The zero-order valence-electron chi connectivity index (χ0n) is 16.7. The molecule has 1 aliphatic heterocycles. The first kappa shape index (κ1) is 21.2. The molecule has 2 aliphatic rings. The van der Waals surface area contributed by atoms with Crippen LogP contribution in [-0.2, 0) is 22.6 Å². The summed E-state index contributed by atoms with van der Waals surface area (Å²) in [5, 5.41) is 16.6. The topological polar surface area (TPSA) is 120 Å². The highest BCUT2D eigenvalue weighted by molar-refractivity contribution is 5.83. The lowest BCUT2D eigenvalue weighted by atomic mass is 9.83. The Kier molecular flexibility index (Phi) is 6.31. The maximum absolute atomic E-state index is 14.0. The van der Waals surface area contributed by atoms with Gasteiger partial charge in [0.25, 0.3) is 6.47 Å². The second-order valence-electron chi connectivity index (χ2n) is 7.49. The Balaban J connectivity index is 0.000000806. The van der Waals surface area contributed by atoms with Crippen molar-refractivity contribution in [2.45, 2.75) is 39.2 Å². The molecule has 3 N–H and O–H groups in total. The molecule has 1 aromatic carbocycles. The van der Waals surface area contributed by atoms with Crippen molar-refractivity contribution >= 4 is 18.2 Å². The van der Waals surface area contributed by atoms with Gasteiger partial charge in [0.1, 0.15) is 23.3 Å². The van der Waals surface area contributed by atoms with Gasteiger partial charge in [-0.05, 0) is 43.0 Å². The first-order valence-corrected chi connectivity index (χ1v) is 9.75. The van der Waals surface area contributed by atoms with Crippen molar-refractivity contribution in [3.63, 3.8) is 0 Å². The highest BCUT2D eigenvalue weighted by atomic mass is 19.1. The summed E-state index contributed by atoms with van der Waals surface area (Å²) in [6, 6.07) is 6.65. The van der Waals surface area contributed by atoms with Crippen molar-refractivity contribution in [1.82, 2.24) is 9.88 Å². The van der Waals surface area contributed by atoms with Crippen molar-refractivity contribution in [2.24, 2.45) is 5.92 Å². The Hall–Kier alpha value is -3.47. The summed E-state index contributed by atoms with van der Waals surface area (Å²) in [5.74, 6) is 0.0720. The number of nitrogen functional groups attached to an aromatic ring is 1. The van der Waals surface area contributed by atoms with E-state index in [0.717, 1.165) is 36.1 Å². The van der Waals surface area contributed by atoms with Gasteiger partial charge in [-0.15, -0.1) is 0 Å². The van der Waals surface area contributed by atoms with E-state index in [-0.39, 0.29) is 35.5 Å². The number of aryl methyl sites for hydroxylation is 1. The van der Waals surface area contributed by atoms with Crippen LogP contribution in [0, 0.1) is 30.0 Å². The van der Waals surface area contributed by atoms with Crippen LogP contribution in [0.2, 0.25) is 0 Å². The number of benzene rings is 1. The number of nitrogens with two attached hydrogens (primary N) is 1. The van der Waals surface area contributed by atoms with Gasteiger partial charge in [0.15, 0.2) is 0 Å². The maximum atomic E-state index is 14.0. The minimum Gasteiger partial charge on any atom is -0.483 e. The highest BCUT2D eigenvalue weighted by Crippen LogP contribution is 2.38. The van der Waals surface area contributed by atoms with Gasteiger partial charge in [-0.1, -0.05) is 12.5 Å². The molecule has 2 aromatic rings. The van der Waals surface area contributed by atoms with E-state index in [1.807, 2.05) is 11.8 Å². The average molecular weight is 410 g/mol. The van der Waals surface area contributed by atoms with Crippen LogP contribution >= 0.6 is 0 Å². The van der Waals surface area contributed by atoms with Crippen molar-refractivity contribution in [1.29, 1.82) is 5.26 Å². The smallest absolute Gasteiger partial charge is 0.290 e. The number of pyridine rings is 1. The molecule has 0 saturated heterocycles. The van der Waals surface area contributed by atoms with E-state index in [1.54, 1.807) is 6.07 Å². The molecule has 0 spiro atoms. The standard InChI is InChI=1S/C21H21FN4O.CH2O2/c1-12-5-6-14(22)9-15(12)19-16(10-23)20(24)25-18-7-8-26(11-17(18)19)21(27)13-3-2-4-13;2-1-3/h5-6,9,13H,2-4,7-8,11H2,1H3,(H2,24,25);1H,(H,2,3). The summed E-state index contributed by atoms with van der Waals surface area (Å²) in [7, 11) is 0. The Morgan fingerprint density at radius 2 is 2.13 bits per heavy atom. The quantitative estimate of drug-likeness (QED) is 0.734. The van der Waals surface area contributed by atoms with Crippen LogP contribution in [-0.4, -0.2) is 33.9 Å². The Bertz CT molecular complexity index is 1030. The number of hydrogen-bond donors (Lipinski definition) is 2. The maximum Gasteiger partial charge on any atom is 0.290 e. The average Bonchev–Trinajstić information content (AvgIpc) is 2.68. The summed E-state index contributed by atoms with van der Waals surface area (Å²) < 4.78 is 14.0. The lowest BCUT2D eigenvalue weighted by Gasteiger charge is -2.35.